The van der Waals surface area contributed by atoms with E-state index in [1.54, 1.807) is 10.7 Å². The van der Waals surface area contributed by atoms with E-state index < -0.39 is 5.97 Å². The van der Waals surface area contributed by atoms with Gasteiger partial charge in [0, 0.05) is 12.7 Å². The quantitative estimate of drug-likeness (QED) is 0.800. The number of aryl methyl sites for hydroxylation is 1. The Labute approximate surface area is 114 Å². The highest BCUT2D eigenvalue weighted by molar-refractivity contribution is 7.98. The number of thioether (sulfide) groups is 1. The lowest BCUT2D eigenvalue weighted by atomic mass is 10.3. The minimum atomic E-state index is -0.976. The Kier molecular flexibility index (Phi) is 4.45. The minimum Gasteiger partial charge on any atom is -0.478 e. The van der Waals surface area contributed by atoms with Crippen molar-refractivity contribution >= 4 is 17.7 Å². The first-order valence-electron chi connectivity index (χ1n) is 5.78. The fraction of sp³-hybridized carbons (Fsp3) is 0.364. The third-order valence-corrected chi connectivity index (χ3v) is 3.31. The van der Waals surface area contributed by atoms with Crippen LogP contribution in [0.2, 0.25) is 0 Å². The number of carboxylic acid groups (broad SMARTS) is 1. The Bertz CT molecular complexity index is 554. The SMILES string of the molecule is CCCn1nnnc1CSc1ccc(C(=O)O)cn1. The molecule has 0 aliphatic carbocycles. The van der Waals surface area contributed by atoms with Gasteiger partial charge in [-0.15, -0.1) is 5.10 Å². The van der Waals surface area contributed by atoms with Gasteiger partial charge in [-0.3, -0.25) is 0 Å². The molecule has 2 heterocycles. The van der Waals surface area contributed by atoms with Crippen molar-refractivity contribution in [2.75, 3.05) is 0 Å². The summed E-state index contributed by atoms with van der Waals surface area (Å²) in [6, 6.07) is 3.22. The average molecular weight is 279 g/mol. The zero-order valence-corrected chi connectivity index (χ0v) is 11.2. The monoisotopic (exact) mass is 279 g/mol. The van der Waals surface area contributed by atoms with E-state index in [1.165, 1.54) is 24.0 Å². The van der Waals surface area contributed by atoms with Crippen LogP contribution in [0, 0.1) is 0 Å². The van der Waals surface area contributed by atoms with Crippen LogP contribution in [0.5, 0.6) is 0 Å². The lowest BCUT2D eigenvalue weighted by Crippen LogP contribution is -2.04. The molecule has 0 atom stereocenters. The van der Waals surface area contributed by atoms with E-state index in [1.807, 2.05) is 0 Å². The molecule has 0 saturated carbocycles. The molecule has 7 nitrogen and oxygen atoms in total. The van der Waals surface area contributed by atoms with Gasteiger partial charge in [0.2, 0.25) is 0 Å². The van der Waals surface area contributed by atoms with Gasteiger partial charge in [0.25, 0.3) is 0 Å². The van der Waals surface area contributed by atoms with E-state index in [-0.39, 0.29) is 5.56 Å². The van der Waals surface area contributed by atoms with Gasteiger partial charge in [0.15, 0.2) is 5.82 Å². The van der Waals surface area contributed by atoms with Crippen molar-refractivity contribution in [1.82, 2.24) is 25.2 Å². The molecule has 0 amide bonds. The highest BCUT2D eigenvalue weighted by Crippen LogP contribution is 2.19. The number of pyridine rings is 1. The smallest absolute Gasteiger partial charge is 0.337 e. The number of aromatic nitrogens is 5. The summed E-state index contributed by atoms with van der Waals surface area (Å²) in [4.78, 5) is 14.8. The third-order valence-electron chi connectivity index (χ3n) is 2.37. The van der Waals surface area contributed by atoms with Crippen molar-refractivity contribution in [3.63, 3.8) is 0 Å². The molecule has 0 unspecified atom stereocenters. The van der Waals surface area contributed by atoms with Crippen LogP contribution >= 0.6 is 11.8 Å². The van der Waals surface area contributed by atoms with E-state index in [0.717, 1.165) is 23.8 Å². The molecule has 1 N–H and O–H groups in total. The van der Waals surface area contributed by atoms with Crippen LogP contribution in [0.4, 0.5) is 0 Å². The number of carboxylic acids is 1. The summed E-state index contributed by atoms with van der Waals surface area (Å²) in [5, 5.41) is 21.0. The molecule has 0 aliphatic heterocycles. The van der Waals surface area contributed by atoms with Crippen molar-refractivity contribution in [3.05, 3.63) is 29.7 Å². The molecule has 8 heteroatoms. The van der Waals surface area contributed by atoms with Gasteiger partial charge >= 0.3 is 5.97 Å². The molecular formula is C11H13N5O2S. The van der Waals surface area contributed by atoms with Gasteiger partial charge < -0.3 is 5.11 Å². The second kappa shape index (κ2) is 6.28. The molecule has 0 bridgehead atoms. The molecule has 0 fully saturated rings. The lowest BCUT2D eigenvalue weighted by Gasteiger charge is -2.02. The molecule has 0 spiro atoms. The van der Waals surface area contributed by atoms with E-state index >= 15 is 0 Å². The number of aromatic carboxylic acids is 1. The number of hydrogen-bond acceptors (Lipinski definition) is 6. The number of rotatable bonds is 6. The molecule has 0 saturated heterocycles. The summed E-state index contributed by atoms with van der Waals surface area (Å²) < 4.78 is 1.76. The Balaban J connectivity index is 1.98. The lowest BCUT2D eigenvalue weighted by molar-refractivity contribution is 0.0696. The minimum absolute atomic E-state index is 0.181. The van der Waals surface area contributed by atoms with E-state index in [2.05, 4.69) is 27.4 Å². The summed E-state index contributed by atoms with van der Waals surface area (Å²) in [6.07, 6.45) is 2.31. The molecule has 0 aromatic carbocycles. The van der Waals surface area contributed by atoms with Crippen LogP contribution < -0.4 is 0 Å². The maximum atomic E-state index is 10.7. The Morgan fingerprint density at radius 1 is 1.47 bits per heavy atom. The van der Waals surface area contributed by atoms with Crippen LogP contribution in [0.25, 0.3) is 0 Å². The van der Waals surface area contributed by atoms with Crippen LogP contribution in [0.3, 0.4) is 0 Å². The van der Waals surface area contributed by atoms with Crippen LogP contribution in [-0.2, 0) is 12.3 Å². The molecule has 0 aliphatic rings. The van der Waals surface area contributed by atoms with Gasteiger partial charge in [-0.1, -0.05) is 18.7 Å². The molecule has 100 valence electrons. The Hall–Kier alpha value is -1.96. The van der Waals surface area contributed by atoms with E-state index in [4.69, 9.17) is 5.11 Å². The van der Waals surface area contributed by atoms with Gasteiger partial charge in [0.1, 0.15) is 0 Å². The van der Waals surface area contributed by atoms with Crippen LogP contribution in [0.15, 0.2) is 23.4 Å². The fourth-order valence-corrected chi connectivity index (χ4v) is 2.22. The Morgan fingerprint density at radius 3 is 2.95 bits per heavy atom. The molecule has 19 heavy (non-hydrogen) atoms. The topological polar surface area (TPSA) is 93.8 Å². The zero-order chi connectivity index (χ0) is 13.7. The molecule has 2 rings (SSSR count). The van der Waals surface area contributed by atoms with Crippen molar-refractivity contribution in [2.24, 2.45) is 0 Å². The standard InChI is InChI=1S/C11H13N5O2S/c1-2-5-16-9(13-14-15-16)7-19-10-4-3-8(6-12-10)11(17)18/h3-4,6H,2,5,7H2,1H3,(H,17,18). The van der Waals surface area contributed by atoms with Gasteiger partial charge in [-0.05, 0) is 29.0 Å². The highest BCUT2D eigenvalue weighted by atomic mass is 32.2. The molecule has 2 aromatic heterocycles. The zero-order valence-electron chi connectivity index (χ0n) is 10.4. The Morgan fingerprint density at radius 2 is 2.32 bits per heavy atom. The summed E-state index contributed by atoms with van der Waals surface area (Å²) in [5.41, 5.74) is 0.181. The summed E-state index contributed by atoms with van der Waals surface area (Å²) in [7, 11) is 0. The van der Waals surface area contributed by atoms with Crippen LogP contribution in [-0.4, -0.2) is 36.3 Å². The highest BCUT2D eigenvalue weighted by Gasteiger charge is 2.07. The second-order valence-electron chi connectivity index (χ2n) is 3.80. The fourth-order valence-electron chi connectivity index (χ4n) is 1.44. The number of tetrazole rings is 1. The van der Waals surface area contributed by atoms with Gasteiger partial charge in [-0.25, -0.2) is 14.5 Å². The third kappa shape index (κ3) is 3.50. The normalized spacial score (nSPS) is 10.6. The van der Waals surface area contributed by atoms with Crippen molar-refractivity contribution in [2.45, 2.75) is 30.7 Å². The first-order valence-corrected chi connectivity index (χ1v) is 6.76. The predicted molar refractivity (Wildman–Crippen MR) is 68.9 cm³/mol. The molecule has 2 aromatic rings. The average Bonchev–Trinajstić information content (AvgIpc) is 2.85. The largest absolute Gasteiger partial charge is 0.478 e. The van der Waals surface area contributed by atoms with Crippen molar-refractivity contribution in [1.29, 1.82) is 0 Å². The number of hydrogen-bond donors (Lipinski definition) is 1. The molecular weight excluding hydrogens is 266 g/mol. The van der Waals surface area contributed by atoms with E-state index in [9.17, 15) is 4.79 Å². The summed E-state index contributed by atoms with van der Waals surface area (Å²) in [6.45, 7) is 2.85. The van der Waals surface area contributed by atoms with Crippen molar-refractivity contribution in [3.8, 4) is 0 Å². The maximum absolute atomic E-state index is 10.7. The first-order chi connectivity index (χ1) is 9.20. The first kappa shape index (κ1) is 13.5. The van der Waals surface area contributed by atoms with Gasteiger partial charge in [0.05, 0.1) is 16.3 Å². The van der Waals surface area contributed by atoms with Gasteiger partial charge in [-0.2, -0.15) is 0 Å². The summed E-state index contributed by atoms with van der Waals surface area (Å²) >= 11 is 1.47. The maximum Gasteiger partial charge on any atom is 0.337 e. The molecule has 0 radical (unpaired) electrons. The van der Waals surface area contributed by atoms with E-state index in [0.29, 0.717) is 5.75 Å². The predicted octanol–water partition coefficient (Wildman–Crippen LogP) is 1.47. The summed E-state index contributed by atoms with van der Waals surface area (Å²) in [5.74, 6) is 0.416. The van der Waals surface area contributed by atoms with Crippen molar-refractivity contribution < 1.29 is 9.90 Å². The second-order valence-corrected chi connectivity index (χ2v) is 4.79. The van der Waals surface area contributed by atoms with Crippen LogP contribution in [0.1, 0.15) is 29.5 Å². The number of carbonyl (C=O) groups is 1. The number of nitrogens with zero attached hydrogens (tertiary/aromatic N) is 5.